The lowest BCUT2D eigenvalue weighted by Crippen LogP contribution is -2.28. The lowest BCUT2D eigenvalue weighted by atomic mass is 10.1. The van der Waals surface area contributed by atoms with Crippen LogP contribution in [0.3, 0.4) is 0 Å². The Morgan fingerprint density at radius 3 is 2.32 bits per heavy atom. The number of hydrogen-bond donors (Lipinski definition) is 1. The van der Waals surface area contributed by atoms with Crippen LogP contribution < -0.4 is 19.7 Å². The lowest BCUT2D eigenvalue weighted by molar-refractivity contribution is -0.121. The summed E-state index contributed by atoms with van der Waals surface area (Å²) in [7, 11) is 0. The molecule has 0 aliphatic carbocycles. The first-order chi connectivity index (χ1) is 13.5. The molecule has 2 aromatic carbocycles. The van der Waals surface area contributed by atoms with Gasteiger partial charge in [0.1, 0.15) is 0 Å². The molecule has 1 fully saturated rings. The van der Waals surface area contributed by atoms with Crippen LogP contribution in [-0.4, -0.2) is 30.9 Å². The van der Waals surface area contributed by atoms with Crippen LogP contribution >= 0.6 is 0 Å². The van der Waals surface area contributed by atoms with E-state index in [1.165, 1.54) is 6.07 Å². The fourth-order valence-electron chi connectivity index (χ4n) is 2.98. The molecule has 1 aliphatic heterocycles. The van der Waals surface area contributed by atoms with Crippen molar-refractivity contribution in [2.45, 2.75) is 26.7 Å². The van der Waals surface area contributed by atoms with Crippen LogP contribution in [0.4, 0.5) is 11.4 Å². The number of anilines is 2. The van der Waals surface area contributed by atoms with E-state index in [0.29, 0.717) is 41.7 Å². The van der Waals surface area contributed by atoms with Gasteiger partial charge in [-0.15, -0.1) is 0 Å². The van der Waals surface area contributed by atoms with Crippen LogP contribution in [0, 0.1) is 0 Å². The minimum Gasteiger partial charge on any atom is -0.490 e. The molecule has 28 heavy (non-hydrogen) atoms. The normalized spacial score (nSPS) is 13.6. The number of benzene rings is 2. The van der Waals surface area contributed by atoms with E-state index in [9.17, 15) is 14.4 Å². The Labute approximate surface area is 163 Å². The van der Waals surface area contributed by atoms with Gasteiger partial charge in [-0.2, -0.15) is 0 Å². The highest BCUT2D eigenvalue weighted by Crippen LogP contribution is 2.31. The van der Waals surface area contributed by atoms with Gasteiger partial charge in [-0.25, -0.2) is 0 Å². The highest BCUT2D eigenvalue weighted by Gasteiger charge is 2.30. The second-order valence-corrected chi connectivity index (χ2v) is 6.15. The van der Waals surface area contributed by atoms with Crippen LogP contribution in [0.1, 0.15) is 37.0 Å². The quantitative estimate of drug-likeness (QED) is 0.742. The van der Waals surface area contributed by atoms with Gasteiger partial charge in [-0.1, -0.05) is 6.07 Å². The summed E-state index contributed by atoms with van der Waals surface area (Å²) in [5.74, 6) is 0.290. The molecule has 1 heterocycles. The van der Waals surface area contributed by atoms with E-state index in [1.807, 2.05) is 13.8 Å². The van der Waals surface area contributed by atoms with E-state index < -0.39 is 0 Å². The van der Waals surface area contributed by atoms with Crippen LogP contribution in [0.5, 0.6) is 11.5 Å². The molecule has 7 heteroatoms. The molecule has 1 saturated heterocycles. The summed E-state index contributed by atoms with van der Waals surface area (Å²) in [6.07, 6.45) is 0.392. The molecule has 2 aromatic rings. The fourth-order valence-corrected chi connectivity index (χ4v) is 2.98. The van der Waals surface area contributed by atoms with Crippen LogP contribution in [-0.2, 0) is 9.59 Å². The topological polar surface area (TPSA) is 84.9 Å². The third kappa shape index (κ3) is 4.14. The van der Waals surface area contributed by atoms with Crippen molar-refractivity contribution in [2.75, 3.05) is 23.4 Å². The van der Waals surface area contributed by atoms with Gasteiger partial charge in [0.15, 0.2) is 11.5 Å². The molecule has 0 aromatic heterocycles. The number of imide groups is 1. The van der Waals surface area contributed by atoms with Crippen molar-refractivity contribution in [1.82, 2.24) is 0 Å². The molecule has 0 bridgehead atoms. The first-order valence-corrected chi connectivity index (χ1v) is 9.20. The lowest BCUT2D eigenvalue weighted by Gasteiger charge is -2.15. The minimum absolute atomic E-state index is 0.196. The molecule has 7 nitrogen and oxygen atoms in total. The summed E-state index contributed by atoms with van der Waals surface area (Å²) >= 11 is 0. The average Bonchev–Trinajstić information content (AvgIpc) is 3.02. The molecular weight excluding hydrogens is 360 g/mol. The number of ether oxygens (including phenoxy) is 2. The van der Waals surface area contributed by atoms with Gasteiger partial charge in [0.05, 0.1) is 18.9 Å². The third-order valence-electron chi connectivity index (χ3n) is 4.22. The molecule has 0 atom stereocenters. The maximum absolute atomic E-state index is 12.7. The Balaban J connectivity index is 1.80. The summed E-state index contributed by atoms with van der Waals surface area (Å²) in [5.41, 5.74) is 1.30. The van der Waals surface area contributed by atoms with Gasteiger partial charge < -0.3 is 14.8 Å². The van der Waals surface area contributed by atoms with Crippen molar-refractivity contribution in [3.63, 3.8) is 0 Å². The van der Waals surface area contributed by atoms with E-state index in [0.717, 1.165) is 4.90 Å². The molecule has 0 radical (unpaired) electrons. The molecule has 0 saturated carbocycles. The largest absolute Gasteiger partial charge is 0.490 e. The molecule has 3 rings (SSSR count). The fraction of sp³-hybridized carbons (Fsp3) is 0.286. The zero-order chi connectivity index (χ0) is 20.1. The van der Waals surface area contributed by atoms with Crippen LogP contribution in [0.2, 0.25) is 0 Å². The van der Waals surface area contributed by atoms with Crippen molar-refractivity contribution in [3.05, 3.63) is 48.0 Å². The van der Waals surface area contributed by atoms with Crippen molar-refractivity contribution in [2.24, 2.45) is 0 Å². The van der Waals surface area contributed by atoms with E-state index in [-0.39, 0.29) is 30.6 Å². The number of hydrogen-bond acceptors (Lipinski definition) is 5. The molecule has 146 valence electrons. The van der Waals surface area contributed by atoms with Gasteiger partial charge in [0.25, 0.3) is 5.91 Å². The molecular formula is C21H22N2O5. The predicted molar refractivity (Wildman–Crippen MR) is 105 cm³/mol. The SMILES string of the molecule is CCOc1ccc(NC(=O)c2cccc(N3C(=O)CCC3=O)c2)cc1OCC. The third-order valence-corrected chi connectivity index (χ3v) is 4.22. The summed E-state index contributed by atoms with van der Waals surface area (Å²) in [5, 5.41) is 2.80. The molecule has 0 unspecified atom stereocenters. The van der Waals surface area contributed by atoms with E-state index in [1.54, 1.807) is 36.4 Å². The molecule has 3 amide bonds. The van der Waals surface area contributed by atoms with Crippen molar-refractivity contribution in [3.8, 4) is 11.5 Å². The van der Waals surface area contributed by atoms with Gasteiger partial charge in [-0.3, -0.25) is 19.3 Å². The second-order valence-electron chi connectivity index (χ2n) is 6.15. The summed E-state index contributed by atoms with van der Waals surface area (Å²) in [6.45, 7) is 4.73. The number of amides is 3. The average molecular weight is 382 g/mol. The standard InChI is InChI=1S/C21H22N2O5/c1-3-27-17-9-8-15(13-18(17)28-4-2)22-21(26)14-6-5-7-16(12-14)23-19(24)10-11-20(23)25/h5-9,12-13H,3-4,10-11H2,1-2H3,(H,22,26). The summed E-state index contributed by atoms with van der Waals surface area (Å²) in [4.78, 5) is 37.6. The van der Waals surface area contributed by atoms with Gasteiger partial charge in [0.2, 0.25) is 11.8 Å². The summed E-state index contributed by atoms with van der Waals surface area (Å²) in [6, 6.07) is 11.6. The van der Waals surface area contributed by atoms with Crippen molar-refractivity contribution < 1.29 is 23.9 Å². The molecule has 1 N–H and O–H groups in total. The van der Waals surface area contributed by atoms with Crippen molar-refractivity contribution in [1.29, 1.82) is 0 Å². The Morgan fingerprint density at radius 2 is 1.64 bits per heavy atom. The Hall–Kier alpha value is -3.35. The van der Waals surface area contributed by atoms with E-state index in [2.05, 4.69) is 5.32 Å². The molecule has 0 spiro atoms. The first kappa shape index (κ1) is 19.4. The van der Waals surface area contributed by atoms with Gasteiger partial charge in [-0.05, 0) is 44.2 Å². The number of carbonyl (C=O) groups is 3. The van der Waals surface area contributed by atoms with Crippen LogP contribution in [0.15, 0.2) is 42.5 Å². The van der Waals surface area contributed by atoms with Gasteiger partial charge >= 0.3 is 0 Å². The van der Waals surface area contributed by atoms with Crippen LogP contribution in [0.25, 0.3) is 0 Å². The second kappa shape index (κ2) is 8.56. The monoisotopic (exact) mass is 382 g/mol. The zero-order valence-electron chi connectivity index (χ0n) is 15.9. The van der Waals surface area contributed by atoms with E-state index >= 15 is 0 Å². The predicted octanol–water partition coefficient (Wildman–Crippen LogP) is 3.39. The number of carbonyl (C=O) groups excluding carboxylic acids is 3. The number of rotatable bonds is 7. The smallest absolute Gasteiger partial charge is 0.255 e. The highest BCUT2D eigenvalue weighted by molar-refractivity contribution is 6.20. The summed E-state index contributed by atoms with van der Waals surface area (Å²) < 4.78 is 11.1. The number of nitrogens with zero attached hydrogens (tertiary/aromatic N) is 1. The Morgan fingerprint density at radius 1 is 0.964 bits per heavy atom. The minimum atomic E-state index is -0.354. The maximum atomic E-state index is 12.7. The molecule has 1 aliphatic rings. The first-order valence-electron chi connectivity index (χ1n) is 9.20. The number of nitrogens with one attached hydrogen (secondary N) is 1. The maximum Gasteiger partial charge on any atom is 0.255 e. The van der Waals surface area contributed by atoms with Gasteiger partial charge in [0, 0.05) is 30.2 Å². The Bertz CT molecular complexity index is 893. The zero-order valence-corrected chi connectivity index (χ0v) is 15.9. The highest BCUT2D eigenvalue weighted by atomic mass is 16.5. The Kier molecular flexibility index (Phi) is 5.93. The van der Waals surface area contributed by atoms with E-state index in [4.69, 9.17) is 9.47 Å². The van der Waals surface area contributed by atoms with Crippen molar-refractivity contribution >= 4 is 29.1 Å².